The summed E-state index contributed by atoms with van der Waals surface area (Å²) in [5.41, 5.74) is 2.75. The normalized spacial score (nSPS) is 16.2. The highest BCUT2D eigenvalue weighted by Gasteiger charge is 2.43. The Kier molecular flexibility index (Phi) is 4.15. The van der Waals surface area contributed by atoms with Crippen LogP contribution in [0.4, 0.5) is 5.69 Å². The third kappa shape index (κ3) is 3.28. The lowest BCUT2D eigenvalue weighted by molar-refractivity contribution is -0.122. The zero-order chi connectivity index (χ0) is 18.4. The van der Waals surface area contributed by atoms with E-state index in [0.717, 1.165) is 22.4 Å². The number of benzene rings is 1. The molecule has 1 aromatic heterocycles. The Morgan fingerprint density at radius 1 is 1.12 bits per heavy atom. The molecule has 7 heteroatoms. The molecule has 6 nitrogen and oxygen atoms in total. The maximum atomic E-state index is 12.8. The van der Waals surface area contributed by atoms with Gasteiger partial charge in [-0.3, -0.25) is 4.79 Å². The molecule has 0 radical (unpaired) electrons. The van der Waals surface area contributed by atoms with Crippen LogP contribution in [0.25, 0.3) is 11.1 Å². The Labute approximate surface area is 147 Å². The second-order valence-electron chi connectivity index (χ2n) is 6.96. The SMILES string of the molecule is Cc1ncc(-c2ccc3c(c2)N(CCS(C)(=O)=O)C(=O)C3(C)C)cn1. The minimum Gasteiger partial charge on any atom is -0.310 e. The highest BCUT2D eigenvalue weighted by atomic mass is 32.2. The second-order valence-corrected chi connectivity index (χ2v) is 9.22. The average Bonchev–Trinajstić information content (AvgIpc) is 2.72. The van der Waals surface area contributed by atoms with Crippen molar-refractivity contribution >= 4 is 21.4 Å². The van der Waals surface area contributed by atoms with Gasteiger partial charge in [0.1, 0.15) is 15.7 Å². The van der Waals surface area contributed by atoms with Crippen molar-refractivity contribution < 1.29 is 13.2 Å². The van der Waals surface area contributed by atoms with Gasteiger partial charge in [0.25, 0.3) is 0 Å². The minimum atomic E-state index is -3.16. The summed E-state index contributed by atoms with van der Waals surface area (Å²) in [5.74, 6) is 0.547. The van der Waals surface area contributed by atoms with Crippen LogP contribution in [0.5, 0.6) is 0 Å². The number of rotatable bonds is 4. The van der Waals surface area contributed by atoms with Crippen LogP contribution < -0.4 is 4.90 Å². The maximum absolute atomic E-state index is 12.8. The molecule has 0 saturated heterocycles. The molecule has 2 heterocycles. The predicted octanol–water partition coefficient (Wildman–Crippen LogP) is 2.12. The van der Waals surface area contributed by atoms with Gasteiger partial charge in [-0.25, -0.2) is 18.4 Å². The van der Waals surface area contributed by atoms with E-state index in [-0.39, 0.29) is 18.2 Å². The summed E-state index contributed by atoms with van der Waals surface area (Å²) in [7, 11) is -3.16. The predicted molar refractivity (Wildman–Crippen MR) is 97.3 cm³/mol. The van der Waals surface area contributed by atoms with E-state index in [1.165, 1.54) is 6.26 Å². The Hall–Kier alpha value is -2.28. The summed E-state index contributed by atoms with van der Waals surface area (Å²) in [6.07, 6.45) is 4.67. The van der Waals surface area contributed by atoms with Gasteiger partial charge in [-0.2, -0.15) is 0 Å². The number of carbonyl (C=O) groups excluding carboxylic acids is 1. The molecule has 0 saturated carbocycles. The summed E-state index contributed by atoms with van der Waals surface area (Å²) in [6, 6.07) is 5.79. The molecular formula is C18H21N3O3S. The van der Waals surface area contributed by atoms with E-state index in [1.54, 1.807) is 17.3 Å². The molecule has 0 spiro atoms. The molecule has 1 aliphatic rings. The fraction of sp³-hybridized carbons (Fsp3) is 0.389. The smallest absolute Gasteiger partial charge is 0.237 e. The molecule has 1 aliphatic heterocycles. The van der Waals surface area contributed by atoms with Crippen molar-refractivity contribution in [3.63, 3.8) is 0 Å². The molecule has 25 heavy (non-hydrogen) atoms. The van der Waals surface area contributed by atoms with Gasteiger partial charge in [-0.15, -0.1) is 0 Å². The van der Waals surface area contributed by atoms with E-state index in [9.17, 15) is 13.2 Å². The number of hydrogen-bond acceptors (Lipinski definition) is 5. The van der Waals surface area contributed by atoms with E-state index in [1.807, 2.05) is 39.0 Å². The van der Waals surface area contributed by atoms with Crippen molar-refractivity contribution in [1.29, 1.82) is 0 Å². The van der Waals surface area contributed by atoms with Crippen LogP contribution in [-0.2, 0) is 20.0 Å². The molecule has 0 fully saturated rings. The van der Waals surface area contributed by atoms with Crippen molar-refractivity contribution in [2.45, 2.75) is 26.2 Å². The van der Waals surface area contributed by atoms with E-state index in [0.29, 0.717) is 5.82 Å². The van der Waals surface area contributed by atoms with Crippen molar-refractivity contribution in [2.75, 3.05) is 23.5 Å². The second kappa shape index (κ2) is 5.91. The molecule has 0 atom stereocenters. The number of carbonyl (C=O) groups is 1. The lowest BCUT2D eigenvalue weighted by Gasteiger charge is -2.20. The van der Waals surface area contributed by atoms with Crippen LogP contribution in [0.2, 0.25) is 0 Å². The van der Waals surface area contributed by atoms with Crippen LogP contribution in [0.1, 0.15) is 25.2 Å². The molecule has 0 bridgehead atoms. The molecule has 132 valence electrons. The van der Waals surface area contributed by atoms with E-state index in [2.05, 4.69) is 9.97 Å². The van der Waals surface area contributed by atoms with E-state index < -0.39 is 15.3 Å². The first kappa shape index (κ1) is 17.5. The number of fused-ring (bicyclic) bond motifs is 1. The fourth-order valence-corrected chi connectivity index (χ4v) is 3.56. The number of hydrogen-bond donors (Lipinski definition) is 0. The standard InChI is InChI=1S/C18H21N3O3S/c1-12-19-10-14(11-20-12)13-5-6-15-16(9-13)21(7-8-25(4,23)24)17(22)18(15,2)3/h5-6,9-11H,7-8H2,1-4H3. The maximum Gasteiger partial charge on any atom is 0.237 e. The number of nitrogens with zero attached hydrogens (tertiary/aromatic N) is 3. The molecule has 0 aliphatic carbocycles. The Morgan fingerprint density at radius 2 is 1.76 bits per heavy atom. The third-order valence-corrected chi connectivity index (χ3v) is 5.47. The topological polar surface area (TPSA) is 80.2 Å². The fourth-order valence-electron chi connectivity index (χ4n) is 3.05. The Bertz CT molecular complexity index is 935. The number of amides is 1. The molecule has 0 unspecified atom stereocenters. The van der Waals surface area contributed by atoms with Crippen LogP contribution in [0.15, 0.2) is 30.6 Å². The largest absolute Gasteiger partial charge is 0.310 e. The lowest BCUT2D eigenvalue weighted by Crippen LogP contribution is -2.38. The monoisotopic (exact) mass is 359 g/mol. The Balaban J connectivity index is 2.04. The average molecular weight is 359 g/mol. The molecule has 1 aromatic carbocycles. The lowest BCUT2D eigenvalue weighted by atomic mass is 9.85. The molecule has 2 aromatic rings. The molecule has 3 rings (SSSR count). The highest BCUT2D eigenvalue weighted by Crippen LogP contribution is 2.43. The first-order valence-corrected chi connectivity index (χ1v) is 10.1. The zero-order valence-electron chi connectivity index (χ0n) is 14.8. The number of anilines is 1. The van der Waals surface area contributed by atoms with E-state index >= 15 is 0 Å². The van der Waals surface area contributed by atoms with Gasteiger partial charge >= 0.3 is 0 Å². The molecule has 1 amide bonds. The summed E-state index contributed by atoms with van der Waals surface area (Å²) in [4.78, 5) is 22.8. The van der Waals surface area contributed by atoms with E-state index in [4.69, 9.17) is 0 Å². The van der Waals surface area contributed by atoms with Crippen LogP contribution in [0, 0.1) is 6.92 Å². The van der Waals surface area contributed by atoms with Gasteiger partial charge in [-0.1, -0.05) is 12.1 Å². The quantitative estimate of drug-likeness (QED) is 0.835. The van der Waals surface area contributed by atoms with Gasteiger partial charge in [0.2, 0.25) is 5.91 Å². The van der Waals surface area contributed by atoms with Crippen molar-refractivity contribution in [1.82, 2.24) is 9.97 Å². The summed E-state index contributed by atoms with van der Waals surface area (Å²) < 4.78 is 23.1. The van der Waals surface area contributed by atoms with Crippen molar-refractivity contribution in [3.05, 3.63) is 42.0 Å². The molecular weight excluding hydrogens is 338 g/mol. The summed E-state index contributed by atoms with van der Waals surface area (Å²) >= 11 is 0. The van der Waals surface area contributed by atoms with Gasteiger partial charge in [0, 0.05) is 36.4 Å². The minimum absolute atomic E-state index is 0.0634. The van der Waals surface area contributed by atoms with Crippen molar-refractivity contribution in [3.8, 4) is 11.1 Å². The van der Waals surface area contributed by atoms with Crippen LogP contribution >= 0.6 is 0 Å². The van der Waals surface area contributed by atoms with Gasteiger partial charge in [-0.05, 0) is 38.0 Å². The summed E-state index contributed by atoms with van der Waals surface area (Å²) in [5, 5.41) is 0. The van der Waals surface area contributed by atoms with Crippen molar-refractivity contribution in [2.24, 2.45) is 0 Å². The Morgan fingerprint density at radius 3 is 2.36 bits per heavy atom. The first-order valence-electron chi connectivity index (χ1n) is 8.03. The third-order valence-electron chi connectivity index (χ3n) is 4.54. The number of aryl methyl sites for hydroxylation is 1. The molecule has 0 N–H and O–H groups in total. The van der Waals surface area contributed by atoms with Crippen LogP contribution in [0.3, 0.4) is 0 Å². The summed E-state index contributed by atoms with van der Waals surface area (Å²) in [6.45, 7) is 5.70. The zero-order valence-corrected chi connectivity index (χ0v) is 15.6. The number of aromatic nitrogens is 2. The van der Waals surface area contributed by atoms with Gasteiger partial charge in [0.15, 0.2) is 0 Å². The van der Waals surface area contributed by atoms with Gasteiger partial charge < -0.3 is 4.90 Å². The number of sulfone groups is 1. The highest BCUT2D eigenvalue weighted by molar-refractivity contribution is 7.90. The van der Waals surface area contributed by atoms with Crippen LogP contribution in [-0.4, -0.2) is 42.8 Å². The van der Waals surface area contributed by atoms with Gasteiger partial charge in [0.05, 0.1) is 11.2 Å². The first-order chi connectivity index (χ1) is 11.6.